The first-order valence-electron chi connectivity index (χ1n) is 10.2. The molecule has 1 amide bonds. The van der Waals surface area contributed by atoms with Gasteiger partial charge >= 0.3 is 0 Å². The van der Waals surface area contributed by atoms with Gasteiger partial charge in [-0.15, -0.1) is 0 Å². The molecular formula is C23H28N2O5S. The summed E-state index contributed by atoms with van der Waals surface area (Å²) in [6.07, 6.45) is 0.873. The van der Waals surface area contributed by atoms with Crippen molar-refractivity contribution in [2.45, 2.75) is 38.1 Å². The van der Waals surface area contributed by atoms with Gasteiger partial charge in [-0.05, 0) is 49.6 Å². The minimum Gasteiger partial charge on any atom is -0.497 e. The molecule has 31 heavy (non-hydrogen) atoms. The SMILES string of the molecule is COc1ccc(CNC(=O)C2(C)CCN(S(=O)(=O)c3ccc(C(C)=O)cc3)CC2)cc1. The van der Waals surface area contributed by atoms with E-state index in [1.807, 2.05) is 31.2 Å². The summed E-state index contributed by atoms with van der Waals surface area (Å²) in [6.45, 7) is 4.26. The summed E-state index contributed by atoms with van der Waals surface area (Å²) < 4.78 is 32.4. The van der Waals surface area contributed by atoms with Gasteiger partial charge in [-0.25, -0.2) is 8.42 Å². The molecule has 8 heteroatoms. The quantitative estimate of drug-likeness (QED) is 0.663. The maximum absolute atomic E-state index is 12.9. The minimum absolute atomic E-state index is 0.0776. The van der Waals surface area contributed by atoms with E-state index in [2.05, 4.69) is 5.32 Å². The number of hydrogen-bond acceptors (Lipinski definition) is 5. The van der Waals surface area contributed by atoms with Gasteiger partial charge in [0.25, 0.3) is 0 Å². The lowest BCUT2D eigenvalue weighted by Crippen LogP contribution is -2.48. The molecule has 1 N–H and O–H groups in total. The van der Waals surface area contributed by atoms with E-state index < -0.39 is 15.4 Å². The van der Waals surface area contributed by atoms with E-state index in [9.17, 15) is 18.0 Å². The van der Waals surface area contributed by atoms with Gasteiger partial charge in [0.2, 0.25) is 15.9 Å². The molecule has 0 radical (unpaired) electrons. The Morgan fingerprint density at radius 1 is 1.03 bits per heavy atom. The van der Waals surface area contributed by atoms with Crippen LogP contribution in [-0.4, -0.2) is 44.6 Å². The van der Waals surface area contributed by atoms with Crippen LogP contribution in [0.5, 0.6) is 5.75 Å². The van der Waals surface area contributed by atoms with E-state index in [1.165, 1.54) is 35.5 Å². The number of carbonyl (C=O) groups is 2. The smallest absolute Gasteiger partial charge is 0.243 e. The van der Waals surface area contributed by atoms with Crippen molar-refractivity contribution in [3.8, 4) is 5.75 Å². The van der Waals surface area contributed by atoms with Crippen molar-refractivity contribution in [1.82, 2.24) is 9.62 Å². The van der Waals surface area contributed by atoms with Crippen LogP contribution < -0.4 is 10.1 Å². The third-order valence-electron chi connectivity index (χ3n) is 5.88. The first-order chi connectivity index (χ1) is 14.7. The molecule has 166 valence electrons. The molecule has 0 saturated carbocycles. The van der Waals surface area contributed by atoms with E-state index in [0.717, 1.165) is 11.3 Å². The summed E-state index contributed by atoms with van der Waals surface area (Å²) in [5.41, 5.74) is 0.808. The zero-order chi connectivity index (χ0) is 22.6. The molecule has 2 aromatic carbocycles. The largest absolute Gasteiger partial charge is 0.497 e. The lowest BCUT2D eigenvalue weighted by molar-refractivity contribution is -0.132. The average molecular weight is 445 g/mol. The highest BCUT2D eigenvalue weighted by molar-refractivity contribution is 7.89. The zero-order valence-corrected chi connectivity index (χ0v) is 18.9. The third kappa shape index (κ3) is 5.14. The molecule has 1 saturated heterocycles. The Morgan fingerprint density at radius 3 is 2.13 bits per heavy atom. The predicted octanol–water partition coefficient (Wildman–Crippen LogP) is 3.01. The van der Waals surface area contributed by atoms with Crippen LogP contribution in [0, 0.1) is 5.41 Å². The maximum Gasteiger partial charge on any atom is 0.243 e. The van der Waals surface area contributed by atoms with Gasteiger partial charge in [0.15, 0.2) is 5.78 Å². The highest BCUT2D eigenvalue weighted by atomic mass is 32.2. The fourth-order valence-corrected chi connectivity index (χ4v) is 5.04. The second-order valence-corrected chi connectivity index (χ2v) is 10.0. The van der Waals surface area contributed by atoms with Crippen LogP contribution in [0.25, 0.3) is 0 Å². The summed E-state index contributed by atoms with van der Waals surface area (Å²) in [5, 5.41) is 2.97. The molecule has 0 spiro atoms. The number of ether oxygens (including phenoxy) is 1. The summed E-state index contributed by atoms with van der Waals surface area (Å²) in [7, 11) is -2.06. The van der Waals surface area contributed by atoms with Gasteiger partial charge < -0.3 is 10.1 Å². The van der Waals surface area contributed by atoms with Crippen LogP contribution in [0.3, 0.4) is 0 Å². The van der Waals surface area contributed by atoms with Crippen molar-refractivity contribution < 1.29 is 22.7 Å². The van der Waals surface area contributed by atoms with Crippen LogP contribution in [0.2, 0.25) is 0 Å². The molecule has 0 unspecified atom stereocenters. The van der Waals surface area contributed by atoms with Crippen molar-refractivity contribution in [1.29, 1.82) is 0 Å². The molecule has 0 aliphatic carbocycles. The van der Waals surface area contributed by atoms with E-state index in [0.29, 0.717) is 24.9 Å². The van der Waals surface area contributed by atoms with E-state index in [-0.39, 0.29) is 29.7 Å². The minimum atomic E-state index is -3.66. The summed E-state index contributed by atoms with van der Waals surface area (Å²) in [4.78, 5) is 24.4. The van der Waals surface area contributed by atoms with Crippen LogP contribution in [0.15, 0.2) is 53.4 Å². The number of rotatable bonds is 7. The van der Waals surface area contributed by atoms with Gasteiger partial charge in [-0.1, -0.05) is 31.2 Å². The van der Waals surface area contributed by atoms with Crippen molar-refractivity contribution in [2.75, 3.05) is 20.2 Å². The normalized spacial score (nSPS) is 16.5. The number of piperidine rings is 1. The van der Waals surface area contributed by atoms with Gasteiger partial charge in [0.1, 0.15) is 5.75 Å². The number of Topliss-reactive ketones (excluding diaryl/α,β-unsaturated/α-hetero) is 1. The molecule has 1 aliphatic heterocycles. The first kappa shape index (κ1) is 23.0. The summed E-state index contributed by atoms with van der Waals surface area (Å²) >= 11 is 0. The number of amides is 1. The first-order valence-corrected chi connectivity index (χ1v) is 11.6. The average Bonchev–Trinajstić information content (AvgIpc) is 2.78. The van der Waals surface area contributed by atoms with Crippen molar-refractivity contribution in [3.63, 3.8) is 0 Å². The van der Waals surface area contributed by atoms with Crippen LogP contribution in [-0.2, 0) is 21.4 Å². The molecular weight excluding hydrogens is 416 g/mol. The zero-order valence-electron chi connectivity index (χ0n) is 18.1. The lowest BCUT2D eigenvalue weighted by atomic mass is 9.80. The number of methoxy groups -OCH3 is 1. The van der Waals surface area contributed by atoms with E-state index >= 15 is 0 Å². The monoisotopic (exact) mass is 444 g/mol. The van der Waals surface area contributed by atoms with E-state index in [1.54, 1.807) is 7.11 Å². The van der Waals surface area contributed by atoms with Gasteiger partial charge in [0, 0.05) is 30.6 Å². The second kappa shape index (κ2) is 9.20. The van der Waals surface area contributed by atoms with Gasteiger partial charge in [-0.3, -0.25) is 9.59 Å². The number of nitrogens with zero attached hydrogens (tertiary/aromatic N) is 1. The Morgan fingerprint density at radius 2 is 1.61 bits per heavy atom. The molecule has 7 nitrogen and oxygen atoms in total. The molecule has 2 aromatic rings. The highest BCUT2D eigenvalue weighted by Gasteiger charge is 2.40. The van der Waals surface area contributed by atoms with Gasteiger partial charge in [-0.2, -0.15) is 4.31 Å². The van der Waals surface area contributed by atoms with E-state index in [4.69, 9.17) is 4.74 Å². The Hall–Kier alpha value is -2.71. The molecule has 0 bridgehead atoms. The van der Waals surface area contributed by atoms with Crippen LogP contribution in [0.4, 0.5) is 0 Å². The molecule has 1 heterocycles. The number of hydrogen-bond donors (Lipinski definition) is 1. The fourth-order valence-electron chi connectivity index (χ4n) is 3.60. The number of carbonyl (C=O) groups excluding carboxylic acids is 2. The van der Waals surface area contributed by atoms with Crippen molar-refractivity contribution >= 4 is 21.7 Å². The predicted molar refractivity (Wildman–Crippen MR) is 117 cm³/mol. The Kier molecular flexibility index (Phi) is 6.81. The van der Waals surface area contributed by atoms with Crippen molar-refractivity contribution in [2.24, 2.45) is 5.41 Å². The topological polar surface area (TPSA) is 92.8 Å². The number of ketones is 1. The summed E-state index contributed by atoms with van der Waals surface area (Å²) in [6, 6.07) is 13.4. The standard InChI is InChI=1S/C23H28N2O5S/c1-17(26)19-6-10-21(11-7-19)31(28,29)25-14-12-23(2,13-15-25)22(27)24-16-18-4-8-20(30-3)9-5-18/h4-11H,12-16H2,1-3H3,(H,24,27). The third-order valence-corrected chi connectivity index (χ3v) is 7.80. The molecule has 0 atom stereocenters. The summed E-state index contributed by atoms with van der Waals surface area (Å²) in [5.74, 6) is 0.566. The van der Waals surface area contributed by atoms with Gasteiger partial charge in [0.05, 0.1) is 12.0 Å². The molecule has 3 rings (SSSR count). The number of nitrogens with one attached hydrogen (secondary N) is 1. The molecule has 1 fully saturated rings. The highest BCUT2D eigenvalue weighted by Crippen LogP contribution is 2.33. The Labute approximate surface area is 183 Å². The number of sulfonamides is 1. The Bertz CT molecular complexity index is 1040. The van der Waals surface area contributed by atoms with Crippen molar-refractivity contribution in [3.05, 3.63) is 59.7 Å². The Balaban J connectivity index is 1.59. The fraction of sp³-hybridized carbons (Fsp3) is 0.391. The van der Waals surface area contributed by atoms with Crippen LogP contribution in [0.1, 0.15) is 42.6 Å². The lowest BCUT2D eigenvalue weighted by Gasteiger charge is -2.37. The maximum atomic E-state index is 12.9. The van der Waals surface area contributed by atoms with Crippen LogP contribution >= 0.6 is 0 Å². The molecule has 0 aromatic heterocycles. The second-order valence-electron chi connectivity index (χ2n) is 8.08. The molecule has 1 aliphatic rings. The number of benzene rings is 2.